The maximum Gasteiger partial charge on any atom is 0.317 e. The van der Waals surface area contributed by atoms with Gasteiger partial charge in [0.1, 0.15) is 11.6 Å². The monoisotopic (exact) mass is 264 g/mol. The molecule has 2 fully saturated rings. The van der Waals surface area contributed by atoms with Crippen LogP contribution in [0.2, 0.25) is 0 Å². The second-order valence-electron chi connectivity index (χ2n) is 4.59. The van der Waals surface area contributed by atoms with Crippen LogP contribution in [0.3, 0.4) is 0 Å². The molecule has 0 saturated carbocycles. The predicted molar refractivity (Wildman–Crippen MR) is 70.4 cm³/mol. The van der Waals surface area contributed by atoms with Crippen molar-refractivity contribution >= 4 is 23.6 Å². The highest BCUT2D eigenvalue weighted by molar-refractivity contribution is 5.77. The number of hydrogen-bond donors (Lipinski definition) is 4. The number of carbonyl (C=O) groups is 1. The number of nitrogens with two attached hydrogens (primary N) is 2. The number of hydrazine groups is 1. The zero-order valence-electron chi connectivity index (χ0n) is 10.3. The molecule has 19 heavy (non-hydrogen) atoms. The lowest BCUT2D eigenvalue weighted by molar-refractivity contribution is 0.197. The molecule has 9 nitrogen and oxygen atoms in total. The molecule has 3 rings (SSSR count). The molecule has 0 bridgehead atoms. The first kappa shape index (κ1) is 11.8. The molecular formula is C10H16N8O. The van der Waals surface area contributed by atoms with Crippen LogP contribution < -0.4 is 27.2 Å². The highest BCUT2D eigenvalue weighted by atomic mass is 16.2. The van der Waals surface area contributed by atoms with Gasteiger partial charge in [0, 0.05) is 32.2 Å². The molecule has 102 valence electrons. The van der Waals surface area contributed by atoms with Crippen molar-refractivity contribution in [3.63, 3.8) is 0 Å². The van der Waals surface area contributed by atoms with Crippen molar-refractivity contribution in [1.29, 1.82) is 0 Å². The zero-order chi connectivity index (χ0) is 13.4. The molecule has 2 aliphatic heterocycles. The number of nitrogens with zero attached hydrogens (tertiary/aromatic N) is 4. The summed E-state index contributed by atoms with van der Waals surface area (Å²) >= 11 is 0. The molecule has 6 N–H and O–H groups in total. The van der Waals surface area contributed by atoms with Gasteiger partial charge in [-0.2, -0.15) is 9.97 Å². The van der Waals surface area contributed by atoms with Crippen molar-refractivity contribution in [2.24, 2.45) is 5.84 Å². The Balaban J connectivity index is 1.80. The minimum absolute atomic E-state index is 0.0103. The van der Waals surface area contributed by atoms with Crippen molar-refractivity contribution in [2.75, 3.05) is 42.2 Å². The van der Waals surface area contributed by atoms with Crippen LogP contribution in [-0.2, 0) is 0 Å². The number of anilines is 3. The Hall–Kier alpha value is -2.29. The maximum absolute atomic E-state index is 11.5. The molecule has 1 unspecified atom stereocenters. The summed E-state index contributed by atoms with van der Waals surface area (Å²) < 4.78 is 0. The normalized spacial score (nSPS) is 22.2. The number of nitrogens with one attached hydrogen (secondary N) is 2. The summed E-state index contributed by atoms with van der Waals surface area (Å²) in [4.78, 5) is 23.6. The van der Waals surface area contributed by atoms with Crippen LogP contribution in [0.1, 0.15) is 0 Å². The molecule has 0 spiro atoms. The molecule has 0 aromatic carbocycles. The smallest absolute Gasteiger partial charge is 0.317 e. The van der Waals surface area contributed by atoms with Gasteiger partial charge in [-0.25, -0.2) is 10.6 Å². The van der Waals surface area contributed by atoms with E-state index in [1.54, 1.807) is 6.07 Å². The fourth-order valence-corrected chi connectivity index (χ4v) is 2.50. The number of rotatable bonds is 2. The van der Waals surface area contributed by atoms with Gasteiger partial charge in [-0.3, -0.25) is 0 Å². The second kappa shape index (κ2) is 4.43. The lowest BCUT2D eigenvalue weighted by Gasteiger charge is -2.37. The summed E-state index contributed by atoms with van der Waals surface area (Å²) in [6.45, 7) is 2.77. The van der Waals surface area contributed by atoms with E-state index in [1.165, 1.54) is 0 Å². The van der Waals surface area contributed by atoms with Crippen molar-refractivity contribution in [3.8, 4) is 0 Å². The fraction of sp³-hybridized carbons (Fsp3) is 0.500. The number of carbonyl (C=O) groups excluding carboxylic acids is 1. The first-order valence-corrected chi connectivity index (χ1v) is 6.08. The van der Waals surface area contributed by atoms with E-state index in [2.05, 4.69) is 25.6 Å². The Morgan fingerprint density at radius 2 is 2.26 bits per heavy atom. The van der Waals surface area contributed by atoms with Gasteiger partial charge < -0.3 is 26.3 Å². The van der Waals surface area contributed by atoms with Crippen molar-refractivity contribution < 1.29 is 4.79 Å². The fourth-order valence-electron chi connectivity index (χ4n) is 2.50. The van der Waals surface area contributed by atoms with Crippen LogP contribution in [-0.4, -0.2) is 53.1 Å². The third kappa shape index (κ3) is 2.08. The lowest BCUT2D eigenvalue weighted by atomic mass is 10.2. The Labute approximate surface area is 109 Å². The molecule has 2 amide bonds. The molecule has 2 saturated heterocycles. The maximum atomic E-state index is 11.5. The average Bonchev–Trinajstić information content (AvgIpc) is 2.79. The van der Waals surface area contributed by atoms with E-state index in [4.69, 9.17) is 11.6 Å². The van der Waals surface area contributed by atoms with Gasteiger partial charge in [-0.05, 0) is 0 Å². The topological polar surface area (TPSA) is 125 Å². The van der Waals surface area contributed by atoms with Crippen LogP contribution in [0, 0.1) is 0 Å². The number of fused-ring (bicyclic) bond motifs is 1. The predicted octanol–water partition coefficient (Wildman–Crippen LogP) is -1.44. The van der Waals surface area contributed by atoms with E-state index < -0.39 is 0 Å². The molecular weight excluding hydrogens is 248 g/mol. The second-order valence-corrected chi connectivity index (χ2v) is 4.59. The zero-order valence-corrected chi connectivity index (χ0v) is 10.3. The summed E-state index contributed by atoms with van der Waals surface area (Å²) in [5.74, 6) is 6.72. The van der Waals surface area contributed by atoms with Crippen LogP contribution in [0.4, 0.5) is 22.4 Å². The Morgan fingerprint density at radius 1 is 1.42 bits per heavy atom. The average molecular weight is 264 g/mol. The summed E-state index contributed by atoms with van der Waals surface area (Å²) in [5, 5.41) is 2.84. The standard InChI is InChI=1S/C10H16N8O/c11-9-14-7(16-12)3-8(15-9)17-1-2-18-6(5-17)4-13-10(18)19/h3,6H,1-2,4-5,12H2,(H,13,19)(H3,11,14,15,16). The third-order valence-electron chi connectivity index (χ3n) is 3.43. The number of hydrogen-bond acceptors (Lipinski definition) is 7. The minimum Gasteiger partial charge on any atom is -0.368 e. The van der Waals surface area contributed by atoms with Crippen LogP contribution in [0.15, 0.2) is 6.07 Å². The number of piperazine rings is 1. The largest absolute Gasteiger partial charge is 0.368 e. The molecule has 1 aromatic rings. The molecule has 1 aromatic heterocycles. The van der Waals surface area contributed by atoms with E-state index in [-0.39, 0.29) is 18.0 Å². The molecule has 2 aliphatic rings. The van der Waals surface area contributed by atoms with E-state index in [1.807, 2.05) is 4.90 Å². The van der Waals surface area contributed by atoms with E-state index in [0.717, 1.165) is 12.4 Å². The number of nitrogen functional groups attached to an aromatic ring is 2. The first-order valence-electron chi connectivity index (χ1n) is 6.08. The van der Waals surface area contributed by atoms with Gasteiger partial charge in [-0.1, -0.05) is 0 Å². The van der Waals surface area contributed by atoms with Crippen LogP contribution in [0.5, 0.6) is 0 Å². The van der Waals surface area contributed by atoms with Gasteiger partial charge in [0.25, 0.3) is 0 Å². The van der Waals surface area contributed by atoms with Crippen molar-refractivity contribution in [3.05, 3.63) is 6.07 Å². The molecule has 0 aliphatic carbocycles. The van der Waals surface area contributed by atoms with Crippen molar-refractivity contribution in [2.45, 2.75) is 6.04 Å². The first-order chi connectivity index (χ1) is 9.17. The quantitative estimate of drug-likeness (QED) is 0.380. The van der Waals surface area contributed by atoms with Crippen LogP contribution >= 0.6 is 0 Å². The van der Waals surface area contributed by atoms with E-state index >= 15 is 0 Å². The van der Waals surface area contributed by atoms with Gasteiger partial charge in [-0.15, -0.1) is 0 Å². The Kier molecular flexibility index (Phi) is 2.75. The third-order valence-corrected chi connectivity index (χ3v) is 3.43. The van der Waals surface area contributed by atoms with E-state index in [9.17, 15) is 4.79 Å². The SMILES string of the molecule is NNc1cc(N2CCN3C(=O)NCC3C2)nc(N)n1. The Bertz CT molecular complexity index is 506. The highest BCUT2D eigenvalue weighted by Crippen LogP contribution is 2.21. The summed E-state index contributed by atoms with van der Waals surface area (Å²) in [6.07, 6.45) is 0. The number of urea groups is 1. The van der Waals surface area contributed by atoms with Gasteiger partial charge >= 0.3 is 6.03 Å². The Morgan fingerprint density at radius 3 is 3.05 bits per heavy atom. The van der Waals surface area contributed by atoms with Crippen LogP contribution in [0.25, 0.3) is 0 Å². The van der Waals surface area contributed by atoms with Crippen molar-refractivity contribution in [1.82, 2.24) is 20.2 Å². The van der Waals surface area contributed by atoms with E-state index in [0.29, 0.717) is 25.5 Å². The highest BCUT2D eigenvalue weighted by Gasteiger charge is 2.35. The van der Waals surface area contributed by atoms with Gasteiger partial charge in [0.05, 0.1) is 6.04 Å². The molecule has 0 radical (unpaired) electrons. The number of amides is 2. The molecule has 1 atom stereocenters. The summed E-state index contributed by atoms with van der Waals surface area (Å²) in [5.41, 5.74) is 8.12. The minimum atomic E-state index is 0.0103. The number of aromatic nitrogens is 2. The van der Waals surface area contributed by atoms with Gasteiger partial charge in [0.15, 0.2) is 0 Å². The summed E-state index contributed by atoms with van der Waals surface area (Å²) in [6, 6.07) is 1.93. The molecule has 9 heteroatoms. The van der Waals surface area contributed by atoms with Gasteiger partial charge in [0.2, 0.25) is 5.95 Å². The summed E-state index contributed by atoms with van der Waals surface area (Å²) in [7, 11) is 0. The lowest BCUT2D eigenvalue weighted by Crippen LogP contribution is -2.52. The molecule has 3 heterocycles.